The molecule has 0 aromatic heterocycles. The molecule has 0 radical (unpaired) electrons. The van der Waals surface area contributed by atoms with Crippen molar-refractivity contribution in [3.05, 3.63) is 12.7 Å². The number of hydrogen-bond donors (Lipinski definition) is 2. The molecule has 2 N–H and O–H groups in total. The minimum absolute atomic E-state index is 0.0496. The highest BCUT2D eigenvalue weighted by atomic mass is 16.2. The van der Waals surface area contributed by atoms with Gasteiger partial charge in [-0.2, -0.15) is 0 Å². The lowest BCUT2D eigenvalue weighted by molar-refractivity contribution is -0.135. The molecule has 1 fully saturated rings. The lowest BCUT2D eigenvalue weighted by atomic mass is 9.97. The molecule has 1 aliphatic rings. The number of hydrogen-bond acceptors (Lipinski definition) is 3. The molecule has 6 heteroatoms. The van der Waals surface area contributed by atoms with Gasteiger partial charge >= 0.3 is 0 Å². The van der Waals surface area contributed by atoms with E-state index in [9.17, 15) is 14.4 Å². The molecule has 0 bridgehead atoms. The molecule has 0 aliphatic carbocycles. The lowest BCUT2D eigenvalue weighted by Crippen LogP contribution is -2.46. The summed E-state index contributed by atoms with van der Waals surface area (Å²) in [5, 5.41) is 5.37. The Morgan fingerprint density at radius 2 is 2.00 bits per heavy atom. The molecule has 1 rings (SSSR count). The average molecular weight is 281 g/mol. The van der Waals surface area contributed by atoms with E-state index in [1.165, 1.54) is 6.08 Å². The number of nitrogens with zero attached hydrogens (tertiary/aromatic N) is 1. The molecule has 0 saturated carbocycles. The van der Waals surface area contributed by atoms with E-state index in [1.54, 1.807) is 4.90 Å². The summed E-state index contributed by atoms with van der Waals surface area (Å²) in [5.74, 6) is -0.349. The number of likely N-dealkylation sites (tertiary alicyclic amines) is 1. The molecule has 1 unspecified atom stereocenters. The number of rotatable bonds is 6. The van der Waals surface area contributed by atoms with Crippen LogP contribution in [0.5, 0.6) is 0 Å². The van der Waals surface area contributed by atoms with Crippen LogP contribution in [0.2, 0.25) is 0 Å². The van der Waals surface area contributed by atoms with Crippen LogP contribution in [0.4, 0.5) is 0 Å². The van der Waals surface area contributed by atoms with Crippen molar-refractivity contribution in [2.24, 2.45) is 5.92 Å². The maximum atomic E-state index is 12.0. The molecule has 1 heterocycles. The summed E-state index contributed by atoms with van der Waals surface area (Å²) in [4.78, 5) is 36.3. The Hall–Kier alpha value is -1.85. The van der Waals surface area contributed by atoms with Crippen LogP contribution in [0, 0.1) is 5.92 Å². The Morgan fingerprint density at radius 1 is 1.30 bits per heavy atom. The summed E-state index contributed by atoms with van der Waals surface area (Å²) in [6.45, 7) is 7.17. The highest BCUT2D eigenvalue weighted by molar-refractivity contribution is 5.86. The summed E-state index contributed by atoms with van der Waals surface area (Å²) in [6, 6.07) is 0. The monoisotopic (exact) mass is 281 g/mol. The fraction of sp³-hybridized carbons (Fsp3) is 0.643. The van der Waals surface area contributed by atoms with E-state index in [0.29, 0.717) is 26.1 Å². The topological polar surface area (TPSA) is 78.5 Å². The van der Waals surface area contributed by atoms with Gasteiger partial charge in [0, 0.05) is 32.6 Å². The molecule has 3 amide bonds. The molecule has 0 aromatic rings. The van der Waals surface area contributed by atoms with E-state index < -0.39 is 0 Å². The van der Waals surface area contributed by atoms with Gasteiger partial charge in [-0.25, -0.2) is 0 Å². The van der Waals surface area contributed by atoms with Crippen molar-refractivity contribution in [1.29, 1.82) is 0 Å². The standard InChI is InChI=1S/C14H23N3O3/c1-3-12(18)15-7-8-16-14(20)11-6-5-9-17(10-11)13(19)4-2/h3,11H,1,4-10H2,2H3,(H,15,18)(H,16,20). The van der Waals surface area contributed by atoms with Gasteiger partial charge in [-0.3, -0.25) is 14.4 Å². The summed E-state index contributed by atoms with van der Waals surface area (Å²) >= 11 is 0. The fourth-order valence-corrected chi connectivity index (χ4v) is 2.23. The van der Waals surface area contributed by atoms with Gasteiger partial charge in [-0.05, 0) is 18.9 Å². The van der Waals surface area contributed by atoms with Gasteiger partial charge in [0.1, 0.15) is 0 Å². The van der Waals surface area contributed by atoms with Crippen molar-refractivity contribution >= 4 is 17.7 Å². The molecule has 20 heavy (non-hydrogen) atoms. The minimum Gasteiger partial charge on any atom is -0.354 e. The van der Waals surface area contributed by atoms with Crippen LogP contribution in [0.25, 0.3) is 0 Å². The van der Waals surface area contributed by atoms with Crippen LogP contribution >= 0.6 is 0 Å². The zero-order chi connectivity index (χ0) is 15.0. The van der Waals surface area contributed by atoms with E-state index in [-0.39, 0.29) is 23.6 Å². The van der Waals surface area contributed by atoms with Crippen molar-refractivity contribution < 1.29 is 14.4 Å². The summed E-state index contributed by atoms with van der Waals surface area (Å²) in [6.07, 6.45) is 3.33. The predicted molar refractivity (Wildman–Crippen MR) is 75.8 cm³/mol. The number of piperidine rings is 1. The number of nitrogens with one attached hydrogen (secondary N) is 2. The first-order valence-electron chi connectivity index (χ1n) is 7.04. The molecule has 0 aromatic carbocycles. The molecule has 112 valence electrons. The third-order valence-corrected chi connectivity index (χ3v) is 3.36. The van der Waals surface area contributed by atoms with E-state index in [1.807, 2.05) is 6.92 Å². The Bertz CT molecular complexity index is 382. The highest BCUT2D eigenvalue weighted by Crippen LogP contribution is 2.17. The van der Waals surface area contributed by atoms with Crippen molar-refractivity contribution in [1.82, 2.24) is 15.5 Å². The van der Waals surface area contributed by atoms with Crippen molar-refractivity contribution in [2.45, 2.75) is 26.2 Å². The molecule has 6 nitrogen and oxygen atoms in total. The van der Waals surface area contributed by atoms with Gasteiger partial charge in [0.15, 0.2) is 0 Å². The first-order valence-corrected chi connectivity index (χ1v) is 7.04. The van der Waals surface area contributed by atoms with Crippen LogP contribution in [0.15, 0.2) is 12.7 Å². The molecule has 1 saturated heterocycles. The van der Waals surface area contributed by atoms with Gasteiger partial charge < -0.3 is 15.5 Å². The first kappa shape index (κ1) is 16.2. The Morgan fingerprint density at radius 3 is 2.65 bits per heavy atom. The van der Waals surface area contributed by atoms with E-state index >= 15 is 0 Å². The van der Waals surface area contributed by atoms with Crippen LogP contribution in [0.3, 0.4) is 0 Å². The zero-order valence-corrected chi connectivity index (χ0v) is 12.0. The van der Waals surface area contributed by atoms with Crippen LogP contribution < -0.4 is 10.6 Å². The van der Waals surface area contributed by atoms with Gasteiger partial charge in [-0.15, -0.1) is 0 Å². The Labute approximate surface area is 119 Å². The van der Waals surface area contributed by atoms with Gasteiger partial charge in [0.05, 0.1) is 5.92 Å². The number of amides is 3. The minimum atomic E-state index is -0.253. The number of carbonyl (C=O) groups is 3. The molecular formula is C14H23N3O3. The Balaban J connectivity index is 2.30. The van der Waals surface area contributed by atoms with Gasteiger partial charge in [0.25, 0.3) is 0 Å². The second-order valence-corrected chi connectivity index (χ2v) is 4.82. The molecule has 0 spiro atoms. The predicted octanol–water partition coefficient (Wildman–Crippen LogP) is 0.0534. The largest absolute Gasteiger partial charge is 0.354 e. The zero-order valence-electron chi connectivity index (χ0n) is 12.0. The number of carbonyl (C=O) groups excluding carboxylic acids is 3. The second kappa shape index (κ2) is 8.35. The third-order valence-electron chi connectivity index (χ3n) is 3.36. The third kappa shape index (κ3) is 5.03. The smallest absolute Gasteiger partial charge is 0.243 e. The SMILES string of the molecule is C=CC(=O)NCCNC(=O)C1CCCN(C(=O)CC)C1. The quantitative estimate of drug-likeness (QED) is 0.533. The van der Waals surface area contributed by atoms with E-state index in [0.717, 1.165) is 19.4 Å². The second-order valence-electron chi connectivity index (χ2n) is 4.82. The molecule has 1 aliphatic heterocycles. The molecule has 1 atom stereocenters. The summed E-state index contributed by atoms with van der Waals surface area (Å²) in [5.41, 5.74) is 0. The summed E-state index contributed by atoms with van der Waals surface area (Å²) < 4.78 is 0. The maximum absolute atomic E-state index is 12.0. The first-order chi connectivity index (χ1) is 9.58. The Kier molecular flexibility index (Phi) is 6.76. The van der Waals surface area contributed by atoms with Crippen LogP contribution in [-0.4, -0.2) is 48.8 Å². The van der Waals surface area contributed by atoms with Crippen LogP contribution in [0.1, 0.15) is 26.2 Å². The highest BCUT2D eigenvalue weighted by Gasteiger charge is 2.27. The lowest BCUT2D eigenvalue weighted by Gasteiger charge is -2.31. The summed E-state index contributed by atoms with van der Waals surface area (Å²) in [7, 11) is 0. The average Bonchev–Trinajstić information content (AvgIpc) is 2.50. The van der Waals surface area contributed by atoms with Crippen molar-refractivity contribution in [3.8, 4) is 0 Å². The van der Waals surface area contributed by atoms with E-state index in [4.69, 9.17) is 0 Å². The van der Waals surface area contributed by atoms with Crippen molar-refractivity contribution in [2.75, 3.05) is 26.2 Å². The van der Waals surface area contributed by atoms with Gasteiger partial charge in [0.2, 0.25) is 17.7 Å². The fourth-order valence-electron chi connectivity index (χ4n) is 2.23. The van der Waals surface area contributed by atoms with Crippen LogP contribution in [-0.2, 0) is 14.4 Å². The molecular weight excluding hydrogens is 258 g/mol. The normalized spacial score (nSPS) is 18.2. The van der Waals surface area contributed by atoms with Crippen molar-refractivity contribution in [3.63, 3.8) is 0 Å². The maximum Gasteiger partial charge on any atom is 0.243 e. The van der Waals surface area contributed by atoms with Gasteiger partial charge in [-0.1, -0.05) is 13.5 Å². The van der Waals surface area contributed by atoms with E-state index in [2.05, 4.69) is 17.2 Å².